The van der Waals surface area contributed by atoms with Gasteiger partial charge in [0, 0.05) is 25.6 Å². The van der Waals surface area contributed by atoms with Crippen LogP contribution in [0.2, 0.25) is 0 Å². The minimum atomic E-state index is 0.535. The molecule has 0 fully saturated rings. The molecule has 1 heterocycles. The van der Waals surface area contributed by atoms with Gasteiger partial charge in [-0.15, -0.1) is 0 Å². The SMILES string of the molecule is COCCC(C)c1ccc(C)nc1. The molecule has 0 N–H and O–H groups in total. The van der Waals surface area contributed by atoms with Crippen LogP contribution < -0.4 is 0 Å². The van der Waals surface area contributed by atoms with Gasteiger partial charge in [0.1, 0.15) is 0 Å². The number of ether oxygens (including phenoxy) is 1. The number of hydrogen-bond donors (Lipinski definition) is 0. The summed E-state index contributed by atoms with van der Waals surface area (Å²) in [5.74, 6) is 0.535. The van der Waals surface area contributed by atoms with Crippen LogP contribution in [-0.2, 0) is 4.74 Å². The summed E-state index contributed by atoms with van der Waals surface area (Å²) >= 11 is 0. The van der Waals surface area contributed by atoms with Crippen molar-refractivity contribution >= 4 is 0 Å². The Morgan fingerprint density at radius 1 is 1.46 bits per heavy atom. The van der Waals surface area contributed by atoms with Crippen molar-refractivity contribution in [3.05, 3.63) is 29.6 Å². The third kappa shape index (κ3) is 3.15. The van der Waals surface area contributed by atoms with Crippen molar-refractivity contribution in [2.75, 3.05) is 13.7 Å². The van der Waals surface area contributed by atoms with Crippen molar-refractivity contribution < 1.29 is 4.74 Å². The number of rotatable bonds is 4. The topological polar surface area (TPSA) is 22.1 Å². The lowest BCUT2D eigenvalue weighted by molar-refractivity contribution is 0.189. The first-order chi connectivity index (χ1) is 6.24. The lowest BCUT2D eigenvalue weighted by atomic mass is 10.00. The Kier molecular flexibility index (Phi) is 3.90. The first kappa shape index (κ1) is 10.2. The monoisotopic (exact) mass is 179 g/mol. The van der Waals surface area contributed by atoms with Gasteiger partial charge in [-0.3, -0.25) is 4.98 Å². The highest BCUT2D eigenvalue weighted by Gasteiger charge is 2.04. The van der Waals surface area contributed by atoms with Crippen LogP contribution in [0, 0.1) is 6.92 Å². The zero-order valence-electron chi connectivity index (χ0n) is 8.58. The van der Waals surface area contributed by atoms with Gasteiger partial charge in [-0.2, -0.15) is 0 Å². The molecule has 0 amide bonds. The molecule has 72 valence electrons. The molecule has 0 bridgehead atoms. The van der Waals surface area contributed by atoms with Gasteiger partial charge in [-0.05, 0) is 30.9 Å². The lowest BCUT2D eigenvalue weighted by Crippen LogP contribution is -1.99. The molecule has 1 atom stereocenters. The van der Waals surface area contributed by atoms with E-state index in [-0.39, 0.29) is 0 Å². The zero-order valence-corrected chi connectivity index (χ0v) is 8.58. The Bertz CT molecular complexity index is 243. The summed E-state index contributed by atoms with van der Waals surface area (Å²) in [6, 6.07) is 4.20. The second kappa shape index (κ2) is 4.97. The fraction of sp³-hybridized carbons (Fsp3) is 0.545. The van der Waals surface area contributed by atoms with E-state index in [0.29, 0.717) is 5.92 Å². The maximum absolute atomic E-state index is 5.04. The molecule has 0 saturated heterocycles. The number of aromatic nitrogens is 1. The molecule has 0 radical (unpaired) electrons. The summed E-state index contributed by atoms with van der Waals surface area (Å²) < 4.78 is 5.04. The molecule has 2 heteroatoms. The maximum Gasteiger partial charge on any atom is 0.0468 e. The quantitative estimate of drug-likeness (QED) is 0.708. The molecule has 1 rings (SSSR count). The molecule has 0 spiro atoms. The first-order valence-corrected chi connectivity index (χ1v) is 4.65. The van der Waals surface area contributed by atoms with Gasteiger partial charge < -0.3 is 4.74 Å². The van der Waals surface area contributed by atoms with Crippen LogP contribution in [0.4, 0.5) is 0 Å². The summed E-state index contributed by atoms with van der Waals surface area (Å²) in [6.07, 6.45) is 3.01. The van der Waals surface area contributed by atoms with Crippen LogP contribution in [0.3, 0.4) is 0 Å². The molecule has 0 saturated carbocycles. The van der Waals surface area contributed by atoms with Crippen molar-refractivity contribution in [2.24, 2.45) is 0 Å². The molecule has 1 aromatic heterocycles. The number of hydrogen-bond acceptors (Lipinski definition) is 2. The van der Waals surface area contributed by atoms with Crippen molar-refractivity contribution in [3.8, 4) is 0 Å². The zero-order chi connectivity index (χ0) is 9.68. The van der Waals surface area contributed by atoms with E-state index in [0.717, 1.165) is 18.7 Å². The molecule has 0 aromatic carbocycles. The summed E-state index contributed by atoms with van der Waals surface area (Å²) in [7, 11) is 1.74. The van der Waals surface area contributed by atoms with Crippen LogP contribution >= 0.6 is 0 Å². The normalized spacial score (nSPS) is 12.8. The van der Waals surface area contributed by atoms with Crippen LogP contribution in [0.1, 0.15) is 30.5 Å². The molecule has 1 aromatic rings. The summed E-state index contributed by atoms with van der Waals surface area (Å²) in [5, 5.41) is 0. The average molecular weight is 179 g/mol. The van der Waals surface area contributed by atoms with E-state index in [1.807, 2.05) is 13.1 Å². The molecule has 2 nitrogen and oxygen atoms in total. The maximum atomic E-state index is 5.04. The van der Waals surface area contributed by atoms with Crippen molar-refractivity contribution in [1.29, 1.82) is 0 Å². The largest absolute Gasteiger partial charge is 0.385 e. The Morgan fingerprint density at radius 3 is 2.77 bits per heavy atom. The van der Waals surface area contributed by atoms with Crippen LogP contribution in [-0.4, -0.2) is 18.7 Å². The smallest absolute Gasteiger partial charge is 0.0468 e. The Balaban J connectivity index is 2.55. The predicted molar refractivity (Wildman–Crippen MR) is 53.9 cm³/mol. The predicted octanol–water partition coefficient (Wildman–Crippen LogP) is 2.53. The van der Waals surface area contributed by atoms with E-state index in [1.165, 1.54) is 5.56 Å². The van der Waals surface area contributed by atoms with Crippen LogP contribution in [0.5, 0.6) is 0 Å². The second-order valence-corrected chi connectivity index (χ2v) is 3.42. The lowest BCUT2D eigenvalue weighted by Gasteiger charge is -2.10. The van der Waals surface area contributed by atoms with Gasteiger partial charge in [-0.1, -0.05) is 13.0 Å². The minimum Gasteiger partial charge on any atom is -0.385 e. The molecule has 0 aliphatic rings. The molecule has 0 aliphatic heterocycles. The van der Waals surface area contributed by atoms with E-state index in [2.05, 4.69) is 24.0 Å². The highest BCUT2D eigenvalue weighted by molar-refractivity contribution is 5.16. The van der Waals surface area contributed by atoms with Crippen LogP contribution in [0.25, 0.3) is 0 Å². The van der Waals surface area contributed by atoms with Gasteiger partial charge in [0.05, 0.1) is 0 Å². The fourth-order valence-electron chi connectivity index (χ4n) is 1.23. The molecular weight excluding hydrogens is 162 g/mol. The number of nitrogens with zero attached hydrogens (tertiary/aromatic N) is 1. The molecule has 13 heavy (non-hydrogen) atoms. The average Bonchev–Trinajstić information content (AvgIpc) is 2.15. The van der Waals surface area contributed by atoms with E-state index in [9.17, 15) is 0 Å². The summed E-state index contributed by atoms with van der Waals surface area (Å²) in [6.45, 7) is 5.02. The van der Waals surface area contributed by atoms with E-state index in [4.69, 9.17) is 4.74 Å². The van der Waals surface area contributed by atoms with Gasteiger partial charge in [0.2, 0.25) is 0 Å². The third-order valence-electron chi connectivity index (χ3n) is 2.26. The number of methoxy groups -OCH3 is 1. The Labute approximate surface area is 80.0 Å². The van der Waals surface area contributed by atoms with Crippen molar-refractivity contribution in [2.45, 2.75) is 26.2 Å². The first-order valence-electron chi connectivity index (χ1n) is 4.65. The number of pyridine rings is 1. The van der Waals surface area contributed by atoms with Crippen LogP contribution in [0.15, 0.2) is 18.3 Å². The van der Waals surface area contributed by atoms with Crippen molar-refractivity contribution in [1.82, 2.24) is 4.98 Å². The fourth-order valence-corrected chi connectivity index (χ4v) is 1.23. The number of aryl methyl sites for hydroxylation is 1. The highest BCUT2D eigenvalue weighted by Crippen LogP contribution is 2.17. The van der Waals surface area contributed by atoms with Gasteiger partial charge in [0.25, 0.3) is 0 Å². The van der Waals surface area contributed by atoms with Crippen molar-refractivity contribution in [3.63, 3.8) is 0 Å². The molecular formula is C11H17NO. The third-order valence-corrected chi connectivity index (χ3v) is 2.26. The Hall–Kier alpha value is -0.890. The van der Waals surface area contributed by atoms with Gasteiger partial charge in [0.15, 0.2) is 0 Å². The standard InChI is InChI=1S/C11H17NO/c1-9(6-7-13-3)11-5-4-10(2)12-8-11/h4-5,8-9H,6-7H2,1-3H3. The Morgan fingerprint density at radius 2 is 2.23 bits per heavy atom. The summed E-state index contributed by atoms with van der Waals surface area (Å²) in [5.41, 5.74) is 2.37. The molecule has 0 aliphatic carbocycles. The van der Waals surface area contributed by atoms with E-state index >= 15 is 0 Å². The highest BCUT2D eigenvalue weighted by atomic mass is 16.5. The molecule has 1 unspecified atom stereocenters. The van der Waals surface area contributed by atoms with Gasteiger partial charge in [-0.25, -0.2) is 0 Å². The van der Waals surface area contributed by atoms with E-state index in [1.54, 1.807) is 7.11 Å². The van der Waals surface area contributed by atoms with E-state index < -0.39 is 0 Å². The van der Waals surface area contributed by atoms with Gasteiger partial charge >= 0.3 is 0 Å². The minimum absolute atomic E-state index is 0.535. The second-order valence-electron chi connectivity index (χ2n) is 3.42. The summed E-state index contributed by atoms with van der Waals surface area (Å²) in [4.78, 5) is 4.27.